The highest BCUT2D eigenvalue weighted by Crippen LogP contribution is 2.29. The van der Waals surface area contributed by atoms with Gasteiger partial charge in [-0.15, -0.1) is 0 Å². The van der Waals surface area contributed by atoms with Crippen molar-refractivity contribution in [2.24, 2.45) is 0 Å². The maximum Gasteiger partial charge on any atom is 0.243 e. The Balaban J connectivity index is 2.45. The molecule has 0 atom stereocenters. The molecule has 0 saturated carbocycles. The smallest absolute Gasteiger partial charge is 0.243 e. The second-order valence-electron chi connectivity index (χ2n) is 5.13. The third-order valence-corrected chi connectivity index (χ3v) is 6.05. The second kappa shape index (κ2) is 5.94. The quantitative estimate of drug-likeness (QED) is 0.786. The van der Waals surface area contributed by atoms with Gasteiger partial charge in [0.05, 0.1) is 11.4 Å². The van der Waals surface area contributed by atoms with Gasteiger partial charge in [-0.05, 0) is 31.0 Å². The first-order chi connectivity index (χ1) is 9.73. The molecule has 1 aliphatic rings. The Bertz CT molecular complexity index is 675. The van der Waals surface area contributed by atoms with E-state index >= 15 is 0 Å². The summed E-state index contributed by atoms with van der Waals surface area (Å²) in [5.41, 5.74) is 6.75. The van der Waals surface area contributed by atoms with E-state index in [0.29, 0.717) is 35.2 Å². The van der Waals surface area contributed by atoms with E-state index in [9.17, 15) is 13.2 Å². The van der Waals surface area contributed by atoms with Crippen LogP contribution in [0.3, 0.4) is 0 Å². The Morgan fingerprint density at radius 3 is 2.62 bits per heavy atom. The van der Waals surface area contributed by atoms with Crippen molar-refractivity contribution in [3.05, 3.63) is 22.2 Å². The van der Waals surface area contributed by atoms with Gasteiger partial charge in [0.25, 0.3) is 0 Å². The van der Waals surface area contributed by atoms with E-state index in [-0.39, 0.29) is 17.3 Å². The van der Waals surface area contributed by atoms with Crippen LogP contribution in [0.2, 0.25) is 0 Å². The van der Waals surface area contributed by atoms with Crippen LogP contribution in [0.4, 0.5) is 5.69 Å². The molecule has 1 aromatic rings. The molecule has 1 amide bonds. The molecule has 6 nitrogen and oxygen atoms in total. The van der Waals surface area contributed by atoms with Crippen molar-refractivity contribution in [2.45, 2.75) is 18.2 Å². The molecule has 0 bridgehead atoms. The zero-order chi connectivity index (χ0) is 15.8. The van der Waals surface area contributed by atoms with Crippen LogP contribution in [0.25, 0.3) is 0 Å². The molecule has 8 heteroatoms. The van der Waals surface area contributed by atoms with Crippen LogP contribution in [0.1, 0.15) is 12.0 Å². The van der Waals surface area contributed by atoms with Gasteiger partial charge in [0.2, 0.25) is 15.9 Å². The van der Waals surface area contributed by atoms with Crippen LogP contribution >= 0.6 is 15.9 Å². The highest BCUT2D eigenvalue weighted by molar-refractivity contribution is 9.10. The lowest BCUT2D eigenvalue weighted by Gasteiger charge is -2.21. The minimum absolute atomic E-state index is 0.134. The molecule has 1 saturated heterocycles. The minimum atomic E-state index is -3.74. The molecule has 1 heterocycles. The summed E-state index contributed by atoms with van der Waals surface area (Å²) in [4.78, 5) is 13.6. The van der Waals surface area contributed by atoms with Gasteiger partial charge in [0.15, 0.2) is 0 Å². The highest BCUT2D eigenvalue weighted by Gasteiger charge is 2.31. The molecule has 0 aliphatic carbocycles. The van der Waals surface area contributed by atoms with E-state index in [4.69, 9.17) is 5.73 Å². The normalized spacial score (nSPS) is 17.9. The summed E-state index contributed by atoms with van der Waals surface area (Å²) < 4.78 is 27.4. The summed E-state index contributed by atoms with van der Waals surface area (Å²) >= 11 is 3.26. The first-order valence-electron chi connectivity index (χ1n) is 6.53. The SMILES string of the molecule is Cc1c(N)cc(Br)cc1S(=O)(=O)N1CCCN(C)C(=O)C1. The number of hydrogen-bond donors (Lipinski definition) is 1. The number of carbonyl (C=O) groups excluding carboxylic acids is 1. The average Bonchev–Trinajstić information content (AvgIpc) is 2.56. The third-order valence-electron chi connectivity index (χ3n) is 3.62. The summed E-state index contributed by atoms with van der Waals surface area (Å²) in [6.07, 6.45) is 0.615. The molecule has 1 aliphatic heterocycles. The van der Waals surface area contributed by atoms with Crippen molar-refractivity contribution in [1.29, 1.82) is 0 Å². The average molecular weight is 376 g/mol. The Kier molecular flexibility index (Phi) is 4.60. The third kappa shape index (κ3) is 3.22. The van der Waals surface area contributed by atoms with Crippen LogP contribution in [-0.2, 0) is 14.8 Å². The molecule has 1 fully saturated rings. The van der Waals surface area contributed by atoms with E-state index in [1.54, 1.807) is 24.9 Å². The minimum Gasteiger partial charge on any atom is -0.398 e. The van der Waals surface area contributed by atoms with Crippen LogP contribution in [0.15, 0.2) is 21.5 Å². The fourth-order valence-electron chi connectivity index (χ4n) is 2.25. The van der Waals surface area contributed by atoms with Crippen LogP contribution in [-0.4, -0.2) is 50.2 Å². The van der Waals surface area contributed by atoms with Gasteiger partial charge in [-0.1, -0.05) is 15.9 Å². The number of hydrogen-bond acceptors (Lipinski definition) is 4. The van der Waals surface area contributed by atoms with Gasteiger partial charge in [-0.25, -0.2) is 8.42 Å². The zero-order valence-corrected chi connectivity index (χ0v) is 14.4. The Hall–Kier alpha value is -1.12. The number of rotatable bonds is 2. The highest BCUT2D eigenvalue weighted by atomic mass is 79.9. The molecule has 21 heavy (non-hydrogen) atoms. The number of carbonyl (C=O) groups is 1. The van der Waals surface area contributed by atoms with E-state index in [0.717, 1.165) is 0 Å². The molecule has 2 rings (SSSR count). The van der Waals surface area contributed by atoms with Crippen LogP contribution in [0.5, 0.6) is 0 Å². The fourth-order valence-corrected chi connectivity index (χ4v) is 4.58. The first kappa shape index (κ1) is 16.3. The van der Waals surface area contributed by atoms with Gasteiger partial charge in [0, 0.05) is 30.3 Å². The van der Waals surface area contributed by atoms with E-state index in [1.807, 2.05) is 0 Å². The number of nitrogens with two attached hydrogens (primary N) is 1. The standard InChI is InChI=1S/C13H18BrN3O3S/c1-9-11(15)6-10(14)7-12(9)21(19,20)17-5-3-4-16(2)13(18)8-17/h6-7H,3-5,8,15H2,1-2H3. The van der Waals surface area contributed by atoms with Gasteiger partial charge in [-0.3, -0.25) is 4.79 Å². The number of nitrogens with zero attached hydrogens (tertiary/aromatic N) is 2. The van der Waals surface area contributed by atoms with Crippen molar-refractivity contribution in [3.63, 3.8) is 0 Å². The number of nitrogen functional groups attached to an aromatic ring is 1. The Labute approximate surface area is 133 Å². The number of sulfonamides is 1. The molecule has 2 N–H and O–H groups in total. The molecule has 116 valence electrons. The molecule has 1 aromatic carbocycles. The van der Waals surface area contributed by atoms with Crippen molar-refractivity contribution < 1.29 is 13.2 Å². The number of amides is 1. The summed E-state index contributed by atoms with van der Waals surface area (Å²) in [6, 6.07) is 3.19. The molecule has 0 spiro atoms. The second-order valence-corrected chi connectivity index (χ2v) is 7.95. The van der Waals surface area contributed by atoms with E-state index in [2.05, 4.69) is 15.9 Å². The lowest BCUT2D eigenvalue weighted by Crippen LogP contribution is -2.38. The monoisotopic (exact) mass is 375 g/mol. The number of halogens is 1. The molecule has 0 aromatic heterocycles. The van der Waals surface area contributed by atoms with Crippen LogP contribution in [0, 0.1) is 6.92 Å². The topological polar surface area (TPSA) is 83.7 Å². The lowest BCUT2D eigenvalue weighted by atomic mass is 10.2. The lowest BCUT2D eigenvalue weighted by molar-refractivity contribution is -0.129. The van der Waals surface area contributed by atoms with Crippen molar-refractivity contribution in [3.8, 4) is 0 Å². The van der Waals surface area contributed by atoms with Gasteiger partial charge < -0.3 is 10.6 Å². The predicted octanol–water partition coefficient (Wildman–Crippen LogP) is 1.19. The Morgan fingerprint density at radius 1 is 1.29 bits per heavy atom. The van der Waals surface area contributed by atoms with Gasteiger partial charge >= 0.3 is 0 Å². The predicted molar refractivity (Wildman–Crippen MR) is 84.3 cm³/mol. The molecular formula is C13H18BrN3O3S. The maximum absolute atomic E-state index is 12.8. The fraction of sp³-hybridized carbons (Fsp3) is 0.462. The summed E-state index contributed by atoms with van der Waals surface area (Å²) in [7, 11) is -2.06. The molecule has 0 unspecified atom stereocenters. The zero-order valence-electron chi connectivity index (χ0n) is 12.0. The van der Waals surface area contributed by atoms with Crippen molar-refractivity contribution in [1.82, 2.24) is 9.21 Å². The Morgan fingerprint density at radius 2 is 1.95 bits per heavy atom. The largest absolute Gasteiger partial charge is 0.398 e. The summed E-state index contributed by atoms with van der Waals surface area (Å²) in [6.45, 7) is 2.42. The summed E-state index contributed by atoms with van der Waals surface area (Å²) in [5.74, 6) is -0.198. The number of benzene rings is 1. The van der Waals surface area contributed by atoms with Crippen molar-refractivity contribution >= 4 is 37.5 Å². The number of anilines is 1. The first-order valence-corrected chi connectivity index (χ1v) is 8.76. The molecular weight excluding hydrogens is 358 g/mol. The van der Waals surface area contributed by atoms with E-state index in [1.165, 1.54) is 10.4 Å². The molecule has 0 radical (unpaired) electrons. The summed E-state index contributed by atoms with van der Waals surface area (Å²) in [5, 5.41) is 0. The van der Waals surface area contributed by atoms with E-state index < -0.39 is 10.0 Å². The maximum atomic E-state index is 12.8. The van der Waals surface area contributed by atoms with Crippen LogP contribution < -0.4 is 5.73 Å². The van der Waals surface area contributed by atoms with Gasteiger partial charge in [0.1, 0.15) is 0 Å². The number of likely N-dealkylation sites (N-methyl/N-ethyl adjacent to an activating group) is 1. The van der Waals surface area contributed by atoms with Gasteiger partial charge in [-0.2, -0.15) is 4.31 Å². The van der Waals surface area contributed by atoms with Crippen molar-refractivity contribution in [2.75, 3.05) is 32.4 Å².